The van der Waals surface area contributed by atoms with Gasteiger partial charge in [0.05, 0.1) is 0 Å². The summed E-state index contributed by atoms with van der Waals surface area (Å²) >= 11 is 0. The fourth-order valence-corrected chi connectivity index (χ4v) is 3.91. The van der Waals surface area contributed by atoms with Crippen molar-refractivity contribution in [3.8, 4) is 0 Å². The molecule has 2 fully saturated rings. The van der Waals surface area contributed by atoms with Crippen LogP contribution in [0.25, 0.3) is 0 Å². The second kappa shape index (κ2) is 6.75. The average molecular weight is 311 g/mol. The fourth-order valence-electron chi connectivity index (χ4n) is 3.91. The molecule has 2 aliphatic rings. The molecule has 0 unspecified atom stereocenters. The van der Waals surface area contributed by atoms with Gasteiger partial charge in [-0.1, -0.05) is 19.3 Å². The second-order valence-electron chi connectivity index (χ2n) is 6.42. The number of alkyl halides is 2. The van der Waals surface area contributed by atoms with Gasteiger partial charge in [0.2, 0.25) is 0 Å². The summed E-state index contributed by atoms with van der Waals surface area (Å²) < 4.78 is 26.0. The SMILES string of the molecule is O=C(c1ccn(CC(F)F)n1)N1CCCC[C@@H]2CCCC[C@@H]21. The maximum Gasteiger partial charge on any atom is 0.274 e. The van der Waals surface area contributed by atoms with Crippen LogP contribution in [0.15, 0.2) is 12.3 Å². The highest BCUT2D eigenvalue weighted by molar-refractivity contribution is 5.92. The molecule has 0 spiro atoms. The number of carbonyl (C=O) groups excluding carboxylic acids is 1. The van der Waals surface area contributed by atoms with E-state index in [0.29, 0.717) is 17.7 Å². The predicted molar refractivity (Wildman–Crippen MR) is 78.9 cm³/mol. The van der Waals surface area contributed by atoms with Crippen LogP contribution in [0.2, 0.25) is 0 Å². The van der Waals surface area contributed by atoms with Crippen LogP contribution in [0, 0.1) is 5.92 Å². The number of likely N-dealkylation sites (tertiary alicyclic amines) is 1. The summed E-state index contributed by atoms with van der Waals surface area (Å²) in [5, 5.41) is 4.04. The van der Waals surface area contributed by atoms with Gasteiger partial charge < -0.3 is 4.90 Å². The van der Waals surface area contributed by atoms with Gasteiger partial charge in [-0.2, -0.15) is 5.10 Å². The summed E-state index contributed by atoms with van der Waals surface area (Å²) in [7, 11) is 0. The third kappa shape index (κ3) is 3.31. The van der Waals surface area contributed by atoms with Gasteiger partial charge in [-0.15, -0.1) is 0 Å². The van der Waals surface area contributed by atoms with Crippen molar-refractivity contribution in [1.29, 1.82) is 0 Å². The number of carbonyl (C=O) groups is 1. The van der Waals surface area contributed by atoms with Gasteiger partial charge in [0.1, 0.15) is 12.2 Å². The lowest BCUT2D eigenvalue weighted by atomic mass is 9.81. The van der Waals surface area contributed by atoms with Crippen LogP contribution in [0.5, 0.6) is 0 Å². The van der Waals surface area contributed by atoms with Crippen molar-refractivity contribution in [3.05, 3.63) is 18.0 Å². The maximum atomic E-state index is 12.8. The molecule has 122 valence electrons. The normalized spacial score (nSPS) is 25.9. The highest BCUT2D eigenvalue weighted by Gasteiger charge is 2.35. The first-order chi connectivity index (χ1) is 10.6. The number of amides is 1. The Morgan fingerprint density at radius 2 is 1.95 bits per heavy atom. The van der Waals surface area contributed by atoms with Crippen molar-refractivity contribution in [1.82, 2.24) is 14.7 Å². The molecule has 22 heavy (non-hydrogen) atoms. The Kier molecular flexibility index (Phi) is 4.74. The van der Waals surface area contributed by atoms with Gasteiger partial charge in [0.15, 0.2) is 0 Å². The number of hydrogen-bond acceptors (Lipinski definition) is 2. The Bertz CT molecular complexity index is 517. The second-order valence-corrected chi connectivity index (χ2v) is 6.42. The molecule has 0 radical (unpaired) electrons. The van der Waals surface area contributed by atoms with E-state index >= 15 is 0 Å². The molecule has 0 N–H and O–H groups in total. The molecular formula is C16H23F2N3O. The smallest absolute Gasteiger partial charge is 0.274 e. The van der Waals surface area contributed by atoms with E-state index in [1.807, 2.05) is 4.90 Å². The van der Waals surface area contributed by atoms with Gasteiger partial charge in [0.25, 0.3) is 12.3 Å². The zero-order valence-electron chi connectivity index (χ0n) is 12.8. The minimum atomic E-state index is -2.45. The summed E-state index contributed by atoms with van der Waals surface area (Å²) in [6.07, 6.45) is 7.11. The number of halogens is 2. The first-order valence-electron chi connectivity index (χ1n) is 8.27. The molecule has 3 rings (SSSR count). The van der Waals surface area contributed by atoms with Gasteiger partial charge in [-0.05, 0) is 37.7 Å². The predicted octanol–water partition coefficient (Wildman–Crippen LogP) is 3.33. The summed E-state index contributed by atoms with van der Waals surface area (Å²) in [6, 6.07) is 1.87. The minimum Gasteiger partial charge on any atom is -0.334 e. The molecular weight excluding hydrogens is 288 g/mol. The van der Waals surface area contributed by atoms with Crippen LogP contribution in [-0.2, 0) is 6.54 Å². The van der Waals surface area contributed by atoms with E-state index in [1.165, 1.54) is 38.3 Å². The third-order valence-corrected chi connectivity index (χ3v) is 4.94. The fraction of sp³-hybridized carbons (Fsp3) is 0.750. The molecule has 1 aliphatic carbocycles. The van der Waals surface area contributed by atoms with E-state index in [9.17, 15) is 13.6 Å². The van der Waals surface area contributed by atoms with Crippen molar-refractivity contribution in [2.75, 3.05) is 6.54 Å². The van der Waals surface area contributed by atoms with Crippen LogP contribution in [0.1, 0.15) is 55.4 Å². The average Bonchev–Trinajstić information content (AvgIpc) is 2.84. The lowest BCUT2D eigenvalue weighted by Gasteiger charge is -2.38. The zero-order chi connectivity index (χ0) is 15.5. The molecule has 1 saturated carbocycles. The van der Waals surface area contributed by atoms with Gasteiger partial charge >= 0.3 is 0 Å². The number of fused-ring (bicyclic) bond motifs is 1. The van der Waals surface area contributed by atoms with Gasteiger partial charge in [-0.3, -0.25) is 9.48 Å². The highest BCUT2D eigenvalue weighted by Crippen LogP contribution is 2.35. The first kappa shape index (κ1) is 15.4. The zero-order valence-corrected chi connectivity index (χ0v) is 12.8. The van der Waals surface area contributed by atoms with Crippen molar-refractivity contribution < 1.29 is 13.6 Å². The van der Waals surface area contributed by atoms with Crippen LogP contribution in [0.4, 0.5) is 8.78 Å². The Morgan fingerprint density at radius 1 is 1.23 bits per heavy atom. The van der Waals surface area contributed by atoms with E-state index in [-0.39, 0.29) is 5.91 Å². The molecule has 2 heterocycles. The summed E-state index contributed by atoms with van der Waals surface area (Å²) in [5.74, 6) is 0.509. The van der Waals surface area contributed by atoms with E-state index in [2.05, 4.69) is 5.10 Å². The van der Waals surface area contributed by atoms with Crippen LogP contribution >= 0.6 is 0 Å². The van der Waals surface area contributed by atoms with Crippen LogP contribution < -0.4 is 0 Å². The lowest BCUT2D eigenvalue weighted by Crippen LogP contribution is -2.45. The molecule has 1 aromatic rings. The number of aromatic nitrogens is 2. The standard InChI is InChI=1S/C16H23F2N3O/c17-15(18)11-20-10-8-13(19-20)16(22)21-9-4-3-6-12-5-1-2-7-14(12)21/h8,10,12,14-15H,1-7,9,11H2/t12-,14-/m0/s1. The molecule has 4 nitrogen and oxygen atoms in total. The molecule has 1 aliphatic heterocycles. The van der Waals surface area contributed by atoms with E-state index < -0.39 is 13.0 Å². The molecule has 6 heteroatoms. The quantitative estimate of drug-likeness (QED) is 0.859. The van der Waals surface area contributed by atoms with Crippen molar-refractivity contribution in [2.24, 2.45) is 5.92 Å². The van der Waals surface area contributed by atoms with Gasteiger partial charge in [-0.25, -0.2) is 8.78 Å². The third-order valence-electron chi connectivity index (χ3n) is 4.94. The Balaban J connectivity index is 1.75. The van der Waals surface area contributed by atoms with Crippen LogP contribution in [-0.4, -0.2) is 39.6 Å². The largest absolute Gasteiger partial charge is 0.334 e. The van der Waals surface area contributed by atoms with E-state index in [0.717, 1.165) is 24.1 Å². The molecule has 0 aromatic carbocycles. The van der Waals surface area contributed by atoms with E-state index in [1.54, 1.807) is 6.07 Å². The highest BCUT2D eigenvalue weighted by atomic mass is 19.3. The molecule has 1 aromatic heterocycles. The van der Waals surface area contributed by atoms with Crippen molar-refractivity contribution >= 4 is 5.91 Å². The Labute approximate surface area is 129 Å². The number of hydrogen-bond donors (Lipinski definition) is 0. The number of rotatable bonds is 3. The topological polar surface area (TPSA) is 38.1 Å². The van der Waals surface area contributed by atoms with Gasteiger partial charge in [0, 0.05) is 18.8 Å². The molecule has 1 amide bonds. The van der Waals surface area contributed by atoms with Crippen molar-refractivity contribution in [2.45, 2.75) is 64.0 Å². The Morgan fingerprint density at radius 3 is 2.73 bits per heavy atom. The van der Waals surface area contributed by atoms with Crippen LogP contribution in [0.3, 0.4) is 0 Å². The Hall–Kier alpha value is -1.46. The summed E-state index contributed by atoms with van der Waals surface area (Å²) in [6.45, 7) is 0.307. The lowest BCUT2D eigenvalue weighted by molar-refractivity contribution is 0.0560. The summed E-state index contributed by atoms with van der Waals surface area (Å²) in [4.78, 5) is 14.7. The number of nitrogens with zero attached hydrogens (tertiary/aromatic N) is 3. The first-order valence-corrected chi connectivity index (χ1v) is 8.27. The molecule has 2 atom stereocenters. The molecule has 1 saturated heterocycles. The maximum absolute atomic E-state index is 12.8. The van der Waals surface area contributed by atoms with Crippen molar-refractivity contribution in [3.63, 3.8) is 0 Å². The molecule has 0 bridgehead atoms. The minimum absolute atomic E-state index is 0.0909. The monoisotopic (exact) mass is 311 g/mol. The van der Waals surface area contributed by atoms with E-state index in [4.69, 9.17) is 0 Å². The summed E-state index contributed by atoms with van der Waals surface area (Å²) in [5.41, 5.74) is 0.298.